The van der Waals surface area contributed by atoms with Gasteiger partial charge in [-0.1, -0.05) is 17.7 Å². The number of halogens is 2. The highest BCUT2D eigenvalue weighted by molar-refractivity contribution is 6.33. The van der Waals surface area contributed by atoms with Crippen molar-refractivity contribution in [1.82, 2.24) is 20.3 Å². The van der Waals surface area contributed by atoms with Crippen LogP contribution >= 0.6 is 11.6 Å². The molecule has 28 heavy (non-hydrogen) atoms. The molecule has 1 amide bonds. The molecular weight excluding hydrogens is 383 g/mol. The van der Waals surface area contributed by atoms with Gasteiger partial charge in [0.1, 0.15) is 29.6 Å². The lowest BCUT2D eigenvalue weighted by atomic mass is 10.2. The highest BCUT2D eigenvalue weighted by atomic mass is 35.5. The molecular formula is C19H18ClFN6O. The van der Waals surface area contributed by atoms with Gasteiger partial charge in [-0.25, -0.2) is 19.3 Å². The Kier molecular flexibility index (Phi) is 6.33. The summed E-state index contributed by atoms with van der Waals surface area (Å²) in [6.07, 6.45) is 3.13. The predicted molar refractivity (Wildman–Crippen MR) is 107 cm³/mol. The summed E-state index contributed by atoms with van der Waals surface area (Å²) >= 11 is 5.88. The number of aryl methyl sites for hydroxylation is 1. The van der Waals surface area contributed by atoms with Crippen molar-refractivity contribution in [3.8, 4) is 0 Å². The van der Waals surface area contributed by atoms with E-state index in [-0.39, 0.29) is 17.1 Å². The minimum absolute atomic E-state index is 0.0710. The maximum absolute atomic E-state index is 13.7. The number of aromatic nitrogens is 3. The van der Waals surface area contributed by atoms with Gasteiger partial charge in [-0.05, 0) is 36.8 Å². The van der Waals surface area contributed by atoms with E-state index in [2.05, 4.69) is 30.9 Å². The van der Waals surface area contributed by atoms with Crippen LogP contribution in [-0.4, -0.2) is 33.9 Å². The van der Waals surface area contributed by atoms with E-state index in [1.165, 1.54) is 24.5 Å². The van der Waals surface area contributed by atoms with Crippen LogP contribution in [0, 0.1) is 12.7 Å². The Labute approximate surface area is 166 Å². The first-order chi connectivity index (χ1) is 13.5. The number of amides is 1. The fourth-order valence-corrected chi connectivity index (χ4v) is 2.68. The van der Waals surface area contributed by atoms with Crippen molar-refractivity contribution in [3.05, 3.63) is 70.9 Å². The van der Waals surface area contributed by atoms with Gasteiger partial charge < -0.3 is 16.0 Å². The van der Waals surface area contributed by atoms with E-state index in [1.807, 2.05) is 19.1 Å². The molecule has 0 aliphatic carbocycles. The molecule has 0 fully saturated rings. The van der Waals surface area contributed by atoms with Crippen molar-refractivity contribution in [2.45, 2.75) is 6.92 Å². The highest BCUT2D eigenvalue weighted by Gasteiger charge is 2.14. The molecule has 3 N–H and O–H groups in total. The Bertz CT molecular complexity index is 964. The van der Waals surface area contributed by atoms with Crippen LogP contribution in [0.1, 0.15) is 15.9 Å². The molecule has 3 aromatic rings. The Morgan fingerprint density at radius 1 is 1.07 bits per heavy atom. The predicted octanol–water partition coefficient (Wildman–Crippen LogP) is 3.56. The molecule has 2 aromatic heterocycles. The van der Waals surface area contributed by atoms with E-state index < -0.39 is 11.7 Å². The van der Waals surface area contributed by atoms with E-state index in [4.69, 9.17) is 11.6 Å². The Balaban J connectivity index is 1.52. The number of nitrogens with zero attached hydrogens (tertiary/aromatic N) is 3. The SMILES string of the molecule is Cc1ccnc(Nc2cc(NCCNC(=O)c3c(F)cccc3Cl)ncn2)c1. The van der Waals surface area contributed by atoms with Crippen molar-refractivity contribution >= 4 is 35.0 Å². The molecule has 0 aliphatic heterocycles. The minimum atomic E-state index is -0.658. The van der Waals surface area contributed by atoms with Crippen LogP contribution < -0.4 is 16.0 Å². The summed E-state index contributed by atoms with van der Waals surface area (Å²) < 4.78 is 13.7. The molecule has 7 nitrogen and oxygen atoms in total. The Hall–Kier alpha value is -3.26. The second kappa shape index (κ2) is 9.09. The number of anilines is 3. The van der Waals surface area contributed by atoms with Crippen LogP contribution in [-0.2, 0) is 0 Å². The molecule has 0 saturated heterocycles. The van der Waals surface area contributed by atoms with E-state index in [9.17, 15) is 9.18 Å². The number of benzene rings is 1. The number of carbonyl (C=O) groups is 1. The van der Waals surface area contributed by atoms with Crippen LogP contribution in [0.5, 0.6) is 0 Å². The number of carbonyl (C=O) groups excluding carboxylic acids is 1. The minimum Gasteiger partial charge on any atom is -0.368 e. The summed E-state index contributed by atoms with van der Waals surface area (Å²) in [4.78, 5) is 24.6. The van der Waals surface area contributed by atoms with Gasteiger partial charge in [-0.3, -0.25) is 4.79 Å². The molecule has 0 unspecified atom stereocenters. The van der Waals surface area contributed by atoms with Gasteiger partial charge in [-0.15, -0.1) is 0 Å². The molecule has 144 valence electrons. The smallest absolute Gasteiger partial charge is 0.255 e. The highest BCUT2D eigenvalue weighted by Crippen LogP contribution is 2.18. The first-order valence-corrected chi connectivity index (χ1v) is 8.88. The van der Waals surface area contributed by atoms with Crippen molar-refractivity contribution in [2.24, 2.45) is 0 Å². The summed E-state index contributed by atoms with van der Waals surface area (Å²) in [5.74, 6) is 0.606. The van der Waals surface area contributed by atoms with E-state index in [0.29, 0.717) is 24.0 Å². The van der Waals surface area contributed by atoms with Crippen LogP contribution in [0.4, 0.5) is 21.8 Å². The van der Waals surface area contributed by atoms with Crippen molar-refractivity contribution in [2.75, 3.05) is 23.7 Å². The normalized spacial score (nSPS) is 10.4. The summed E-state index contributed by atoms with van der Waals surface area (Å²) in [7, 11) is 0. The third-order valence-corrected chi connectivity index (χ3v) is 4.06. The Morgan fingerprint density at radius 2 is 1.86 bits per heavy atom. The monoisotopic (exact) mass is 400 g/mol. The fraction of sp³-hybridized carbons (Fsp3) is 0.158. The molecule has 1 aromatic carbocycles. The third-order valence-electron chi connectivity index (χ3n) is 3.75. The maximum atomic E-state index is 13.7. The van der Waals surface area contributed by atoms with Crippen LogP contribution in [0.25, 0.3) is 0 Å². The second-order valence-corrected chi connectivity index (χ2v) is 6.32. The molecule has 9 heteroatoms. The lowest BCUT2D eigenvalue weighted by molar-refractivity contribution is 0.0951. The van der Waals surface area contributed by atoms with Gasteiger partial charge in [0.05, 0.1) is 10.6 Å². The molecule has 0 aliphatic rings. The van der Waals surface area contributed by atoms with Crippen molar-refractivity contribution in [1.29, 1.82) is 0 Å². The zero-order valence-corrected chi connectivity index (χ0v) is 15.8. The van der Waals surface area contributed by atoms with E-state index in [0.717, 1.165) is 5.56 Å². The standard InChI is InChI=1S/C19H18ClFN6O/c1-12-5-6-22-16(9-12)27-17-10-15(25-11-26-17)23-7-8-24-19(28)18-13(20)3-2-4-14(18)21/h2-6,9-11H,7-8H2,1H3,(H,24,28)(H2,22,23,25,26,27). The van der Waals surface area contributed by atoms with Gasteiger partial charge >= 0.3 is 0 Å². The number of rotatable bonds is 7. The molecule has 0 spiro atoms. The first kappa shape index (κ1) is 19.5. The Morgan fingerprint density at radius 3 is 2.64 bits per heavy atom. The first-order valence-electron chi connectivity index (χ1n) is 8.51. The number of hydrogen-bond acceptors (Lipinski definition) is 6. The van der Waals surface area contributed by atoms with E-state index in [1.54, 1.807) is 12.3 Å². The van der Waals surface area contributed by atoms with Crippen LogP contribution in [0.15, 0.2) is 48.9 Å². The number of pyridine rings is 1. The summed E-state index contributed by atoms with van der Waals surface area (Å²) in [6, 6.07) is 9.63. The van der Waals surface area contributed by atoms with Crippen molar-refractivity contribution < 1.29 is 9.18 Å². The quantitative estimate of drug-likeness (QED) is 0.525. The summed E-state index contributed by atoms with van der Waals surface area (Å²) in [6.45, 7) is 2.62. The van der Waals surface area contributed by atoms with Gasteiger partial charge in [0.25, 0.3) is 5.91 Å². The van der Waals surface area contributed by atoms with Gasteiger partial charge in [0.15, 0.2) is 0 Å². The summed E-state index contributed by atoms with van der Waals surface area (Å²) in [5.41, 5.74) is 0.916. The fourth-order valence-electron chi connectivity index (χ4n) is 2.43. The molecule has 0 atom stereocenters. The van der Waals surface area contributed by atoms with Gasteiger partial charge in [-0.2, -0.15) is 0 Å². The topological polar surface area (TPSA) is 91.8 Å². The van der Waals surface area contributed by atoms with Crippen LogP contribution in [0.3, 0.4) is 0 Å². The average molecular weight is 401 g/mol. The third kappa shape index (κ3) is 5.14. The molecule has 2 heterocycles. The van der Waals surface area contributed by atoms with E-state index >= 15 is 0 Å². The molecule has 3 rings (SSSR count). The number of hydrogen-bond donors (Lipinski definition) is 3. The van der Waals surface area contributed by atoms with Crippen molar-refractivity contribution in [3.63, 3.8) is 0 Å². The zero-order chi connectivity index (χ0) is 19.9. The largest absolute Gasteiger partial charge is 0.368 e. The molecule has 0 saturated carbocycles. The molecule has 0 radical (unpaired) electrons. The lowest BCUT2D eigenvalue weighted by Gasteiger charge is -2.10. The van der Waals surface area contributed by atoms with Gasteiger partial charge in [0, 0.05) is 25.4 Å². The zero-order valence-electron chi connectivity index (χ0n) is 15.0. The average Bonchev–Trinajstić information content (AvgIpc) is 2.65. The molecule has 0 bridgehead atoms. The maximum Gasteiger partial charge on any atom is 0.255 e. The van der Waals surface area contributed by atoms with Crippen LogP contribution in [0.2, 0.25) is 5.02 Å². The lowest BCUT2D eigenvalue weighted by Crippen LogP contribution is -2.29. The summed E-state index contributed by atoms with van der Waals surface area (Å²) in [5, 5.41) is 8.85. The van der Waals surface area contributed by atoms with Gasteiger partial charge in [0.2, 0.25) is 0 Å². The number of nitrogens with one attached hydrogen (secondary N) is 3. The second-order valence-electron chi connectivity index (χ2n) is 5.91.